The van der Waals surface area contributed by atoms with Crippen molar-refractivity contribution in [2.45, 2.75) is 27.3 Å². The molecule has 0 spiro atoms. The monoisotopic (exact) mass is 535 g/mol. The normalized spacial score (nSPS) is 12.3. The number of carbonyl (C=O) groups excluding carboxylic acids is 1. The number of rotatable bonds is 10. The first-order chi connectivity index (χ1) is 18.6. The maximum absolute atomic E-state index is 14.1. The van der Waals surface area contributed by atoms with Crippen molar-refractivity contribution in [3.8, 4) is 28.7 Å². The van der Waals surface area contributed by atoms with E-state index in [0.717, 1.165) is 15.8 Å². The lowest BCUT2D eigenvalue weighted by molar-refractivity contribution is 0.0984. The minimum Gasteiger partial charge on any atom is -0.490 e. The highest BCUT2D eigenvalue weighted by Gasteiger charge is 2.26. The first-order valence-electron chi connectivity index (χ1n) is 12.6. The lowest BCUT2D eigenvalue weighted by atomic mass is 10.1. The summed E-state index contributed by atoms with van der Waals surface area (Å²) < 4.78 is 29.9. The van der Waals surface area contributed by atoms with Crippen LogP contribution in [0, 0.1) is 0 Å². The molecule has 0 unspecified atom stereocenters. The molecular formula is C28H29N3O6S. The Hall–Kier alpha value is -4.05. The molecule has 0 bridgehead atoms. The Bertz CT molecular complexity index is 1360. The molecular weight excluding hydrogens is 506 g/mol. The first kappa shape index (κ1) is 25.6. The van der Waals surface area contributed by atoms with E-state index in [9.17, 15) is 4.79 Å². The van der Waals surface area contributed by atoms with Crippen LogP contribution < -0.4 is 28.6 Å². The smallest absolute Gasteiger partial charge is 0.260 e. The molecule has 0 fully saturated rings. The van der Waals surface area contributed by atoms with Gasteiger partial charge in [0, 0.05) is 30.1 Å². The summed E-state index contributed by atoms with van der Waals surface area (Å²) >= 11 is 1.41. The van der Waals surface area contributed by atoms with E-state index in [2.05, 4.69) is 4.98 Å². The maximum Gasteiger partial charge on any atom is 0.260 e. The van der Waals surface area contributed by atoms with Gasteiger partial charge in [0.15, 0.2) is 28.1 Å². The second kappa shape index (κ2) is 11.6. The van der Waals surface area contributed by atoms with Crippen LogP contribution in [0.15, 0.2) is 48.8 Å². The van der Waals surface area contributed by atoms with E-state index in [-0.39, 0.29) is 12.5 Å². The van der Waals surface area contributed by atoms with Crippen LogP contribution >= 0.6 is 11.3 Å². The van der Waals surface area contributed by atoms with Gasteiger partial charge in [0.1, 0.15) is 13.2 Å². The number of hydrogen-bond donors (Lipinski definition) is 0. The first-order valence-corrected chi connectivity index (χ1v) is 13.4. The highest BCUT2D eigenvalue weighted by atomic mass is 32.1. The molecule has 4 aromatic rings. The fourth-order valence-corrected chi connectivity index (χ4v) is 5.11. The summed E-state index contributed by atoms with van der Waals surface area (Å²) in [6.07, 6.45) is 3.44. The molecule has 0 aliphatic carbocycles. The SMILES string of the molecule is CCOc1cc(C(=O)N(Cc2cccnc2)c2nc3cc4c(cc3s2)OCCO4)cc(OCC)c1OCC. The molecule has 0 saturated carbocycles. The minimum absolute atomic E-state index is 0.255. The summed E-state index contributed by atoms with van der Waals surface area (Å²) in [4.78, 5) is 24.8. The van der Waals surface area contributed by atoms with Gasteiger partial charge >= 0.3 is 0 Å². The van der Waals surface area contributed by atoms with Crippen LogP contribution in [0.1, 0.15) is 36.7 Å². The average Bonchev–Trinajstić information content (AvgIpc) is 3.35. The second-order valence-corrected chi connectivity index (χ2v) is 9.32. The van der Waals surface area contributed by atoms with Gasteiger partial charge in [-0.2, -0.15) is 0 Å². The molecule has 1 amide bonds. The van der Waals surface area contributed by atoms with Crippen LogP contribution in [0.25, 0.3) is 10.2 Å². The zero-order valence-electron chi connectivity index (χ0n) is 21.6. The number of hydrogen-bond acceptors (Lipinski definition) is 9. The Kier molecular flexibility index (Phi) is 7.78. The van der Waals surface area contributed by atoms with Crippen molar-refractivity contribution in [2.24, 2.45) is 0 Å². The van der Waals surface area contributed by atoms with Crippen molar-refractivity contribution in [3.63, 3.8) is 0 Å². The molecule has 1 aliphatic heterocycles. The van der Waals surface area contributed by atoms with Gasteiger partial charge in [-0.25, -0.2) is 4.98 Å². The molecule has 10 heteroatoms. The Morgan fingerprint density at radius 1 is 0.974 bits per heavy atom. The predicted octanol–water partition coefficient (Wildman–Crippen LogP) is 5.51. The van der Waals surface area contributed by atoms with Crippen molar-refractivity contribution in [3.05, 3.63) is 59.9 Å². The number of benzene rings is 2. The summed E-state index contributed by atoms with van der Waals surface area (Å²) in [5.74, 6) is 2.47. The van der Waals surface area contributed by atoms with Crippen LogP contribution in [0.5, 0.6) is 28.7 Å². The van der Waals surface area contributed by atoms with Crippen LogP contribution in [-0.2, 0) is 6.54 Å². The molecule has 1 aliphatic rings. The molecule has 0 radical (unpaired) electrons. The van der Waals surface area contributed by atoms with E-state index < -0.39 is 0 Å². The number of ether oxygens (including phenoxy) is 5. The third-order valence-electron chi connectivity index (χ3n) is 5.74. The lowest BCUT2D eigenvalue weighted by Gasteiger charge is -2.22. The van der Waals surface area contributed by atoms with Gasteiger partial charge in [-0.1, -0.05) is 17.4 Å². The molecule has 2 aromatic heterocycles. The number of pyridine rings is 1. The number of nitrogens with zero attached hydrogens (tertiary/aromatic N) is 3. The van der Waals surface area contributed by atoms with Gasteiger partial charge in [-0.05, 0) is 44.5 Å². The summed E-state index contributed by atoms with van der Waals surface area (Å²) in [5.41, 5.74) is 2.00. The third kappa shape index (κ3) is 5.31. The third-order valence-corrected chi connectivity index (χ3v) is 6.78. The molecule has 2 aromatic carbocycles. The van der Waals surface area contributed by atoms with Crippen LogP contribution in [0.3, 0.4) is 0 Å². The number of fused-ring (bicyclic) bond motifs is 2. The summed E-state index contributed by atoms with van der Waals surface area (Å²) in [5, 5.41) is 0.543. The van der Waals surface area contributed by atoms with Gasteiger partial charge in [-0.3, -0.25) is 14.7 Å². The van der Waals surface area contributed by atoms with E-state index in [1.165, 1.54) is 11.3 Å². The zero-order chi connectivity index (χ0) is 26.5. The lowest BCUT2D eigenvalue weighted by Crippen LogP contribution is -2.30. The van der Waals surface area contributed by atoms with Crippen molar-refractivity contribution >= 4 is 32.6 Å². The fourth-order valence-electron chi connectivity index (χ4n) is 4.14. The van der Waals surface area contributed by atoms with Gasteiger partial charge in [-0.15, -0.1) is 0 Å². The summed E-state index contributed by atoms with van der Waals surface area (Å²) in [6, 6.07) is 10.9. The van der Waals surface area contributed by atoms with E-state index in [1.807, 2.05) is 45.0 Å². The van der Waals surface area contributed by atoms with Crippen LogP contribution in [-0.4, -0.2) is 48.9 Å². The largest absolute Gasteiger partial charge is 0.490 e. The van der Waals surface area contributed by atoms with E-state index in [0.29, 0.717) is 72.5 Å². The molecule has 0 atom stereocenters. The molecule has 0 N–H and O–H groups in total. The summed E-state index contributed by atoms with van der Waals surface area (Å²) in [6.45, 7) is 8.18. The number of carbonyl (C=O) groups is 1. The number of amides is 1. The number of aromatic nitrogens is 2. The Labute approximate surface area is 224 Å². The Morgan fingerprint density at radius 2 is 1.66 bits per heavy atom. The van der Waals surface area contributed by atoms with Crippen LogP contribution in [0.4, 0.5) is 5.13 Å². The molecule has 3 heterocycles. The van der Waals surface area contributed by atoms with E-state index in [1.54, 1.807) is 29.4 Å². The standard InChI is InChI=1S/C28H29N3O6S/c1-4-33-23-12-19(13-24(34-5-2)26(23)35-6-3)27(32)31(17-18-8-7-9-29-16-18)28-30-20-14-21-22(15-25(20)38-28)37-11-10-36-21/h7-9,12-16H,4-6,10-11,17H2,1-3H3. The number of anilines is 1. The fraction of sp³-hybridized carbons (Fsp3) is 0.321. The maximum atomic E-state index is 14.1. The molecule has 9 nitrogen and oxygen atoms in total. The molecule has 0 saturated heterocycles. The van der Waals surface area contributed by atoms with Gasteiger partial charge in [0.2, 0.25) is 5.75 Å². The topological polar surface area (TPSA) is 92.2 Å². The van der Waals surface area contributed by atoms with Crippen molar-refractivity contribution in [2.75, 3.05) is 37.9 Å². The molecule has 198 valence electrons. The van der Waals surface area contributed by atoms with Gasteiger partial charge in [0.05, 0.1) is 36.6 Å². The highest BCUT2D eigenvalue weighted by molar-refractivity contribution is 7.22. The van der Waals surface area contributed by atoms with Gasteiger partial charge < -0.3 is 23.7 Å². The van der Waals surface area contributed by atoms with E-state index >= 15 is 0 Å². The van der Waals surface area contributed by atoms with Crippen molar-refractivity contribution in [1.82, 2.24) is 9.97 Å². The molecule has 38 heavy (non-hydrogen) atoms. The second-order valence-electron chi connectivity index (χ2n) is 8.31. The van der Waals surface area contributed by atoms with Gasteiger partial charge in [0.25, 0.3) is 5.91 Å². The Balaban J connectivity index is 1.59. The van der Waals surface area contributed by atoms with Crippen LogP contribution in [0.2, 0.25) is 0 Å². The van der Waals surface area contributed by atoms with Crippen molar-refractivity contribution in [1.29, 1.82) is 0 Å². The summed E-state index contributed by atoms with van der Waals surface area (Å²) in [7, 11) is 0. The number of thiazole rings is 1. The molecule has 5 rings (SSSR count). The zero-order valence-corrected chi connectivity index (χ0v) is 22.4. The quantitative estimate of drug-likeness (QED) is 0.263. The Morgan fingerprint density at radius 3 is 2.29 bits per heavy atom. The van der Waals surface area contributed by atoms with Crippen molar-refractivity contribution < 1.29 is 28.5 Å². The minimum atomic E-state index is -0.255. The highest BCUT2D eigenvalue weighted by Crippen LogP contribution is 2.42. The average molecular weight is 536 g/mol. The van der Waals surface area contributed by atoms with E-state index in [4.69, 9.17) is 28.7 Å². The predicted molar refractivity (Wildman–Crippen MR) is 145 cm³/mol.